The zero-order chi connectivity index (χ0) is 14.4. The molecule has 1 N–H and O–H groups in total. The van der Waals surface area contributed by atoms with Crippen LogP contribution in [0.4, 0.5) is 0 Å². The smallest absolute Gasteiger partial charge is 0.0334 e. The molecule has 1 unspecified atom stereocenters. The summed E-state index contributed by atoms with van der Waals surface area (Å²) in [5.41, 5.74) is 0.513. The second kappa shape index (κ2) is 7.79. The van der Waals surface area contributed by atoms with Gasteiger partial charge < -0.3 is 5.32 Å². The largest absolute Gasteiger partial charge is 0.311 e. The van der Waals surface area contributed by atoms with Crippen LogP contribution in [0, 0.1) is 5.92 Å². The molecule has 0 amide bonds. The van der Waals surface area contributed by atoms with Crippen LogP contribution >= 0.6 is 0 Å². The van der Waals surface area contributed by atoms with Gasteiger partial charge in [0.1, 0.15) is 0 Å². The first-order valence-corrected chi connectivity index (χ1v) is 9.15. The lowest BCUT2D eigenvalue weighted by atomic mass is 9.78. The summed E-state index contributed by atoms with van der Waals surface area (Å²) < 4.78 is 0. The second-order valence-electron chi connectivity index (χ2n) is 7.63. The quantitative estimate of drug-likeness (QED) is 0.784. The van der Waals surface area contributed by atoms with E-state index in [-0.39, 0.29) is 0 Å². The Morgan fingerprint density at radius 3 is 2.60 bits per heavy atom. The summed E-state index contributed by atoms with van der Waals surface area (Å²) >= 11 is 0. The van der Waals surface area contributed by atoms with Crippen LogP contribution in [0.15, 0.2) is 0 Å². The lowest BCUT2D eigenvalue weighted by Crippen LogP contribution is -2.65. The van der Waals surface area contributed by atoms with Gasteiger partial charge in [-0.05, 0) is 44.6 Å². The van der Waals surface area contributed by atoms with Crippen LogP contribution in [-0.4, -0.2) is 36.1 Å². The average Bonchev–Trinajstić information content (AvgIpc) is 2.43. The molecule has 0 bridgehead atoms. The van der Waals surface area contributed by atoms with Gasteiger partial charge in [-0.3, -0.25) is 4.90 Å². The molecule has 2 nitrogen and oxygen atoms in total. The highest BCUT2D eigenvalue weighted by atomic mass is 15.3. The van der Waals surface area contributed by atoms with Crippen LogP contribution in [0.1, 0.15) is 78.6 Å². The van der Waals surface area contributed by atoms with Crippen molar-refractivity contribution in [3.05, 3.63) is 0 Å². The van der Waals surface area contributed by atoms with E-state index in [1.165, 1.54) is 77.4 Å². The van der Waals surface area contributed by atoms with E-state index in [0.29, 0.717) is 5.54 Å². The van der Waals surface area contributed by atoms with Gasteiger partial charge in [0.05, 0.1) is 0 Å². The van der Waals surface area contributed by atoms with Crippen molar-refractivity contribution in [2.24, 2.45) is 5.92 Å². The van der Waals surface area contributed by atoms with E-state index in [0.717, 1.165) is 12.0 Å². The minimum atomic E-state index is 0.513. The number of hydrogen-bond donors (Lipinski definition) is 1. The first-order valence-electron chi connectivity index (χ1n) is 9.15. The fourth-order valence-electron chi connectivity index (χ4n) is 4.23. The number of piperazine rings is 1. The average molecular weight is 280 g/mol. The van der Waals surface area contributed by atoms with Crippen molar-refractivity contribution in [3.8, 4) is 0 Å². The van der Waals surface area contributed by atoms with Gasteiger partial charge in [-0.25, -0.2) is 0 Å². The van der Waals surface area contributed by atoms with Gasteiger partial charge in [0.25, 0.3) is 0 Å². The van der Waals surface area contributed by atoms with E-state index in [2.05, 4.69) is 31.0 Å². The van der Waals surface area contributed by atoms with Gasteiger partial charge >= 0.3 is 0 Å². The summed E-state index contributed by atoms with van der Waals surface area (Å²) in [6.07, 6.45) is 12.6. The molecule has 1 saturated heterocycles. The highest BCUT2D eigenvalue weighted by molar-refractivity contribution is 5.00. The van der Waals surface area contributed by atoms with E-state index in [4.69, 9.17) is 0 Å². The van der Waals surface area contributed by atoms with Crippen LogP contribution in [0.25, 0.3) is 0 Å². The van der Waals surface area contributed by atoms with Crippen LogP contribution < -0.4 is 5.32 Å². The number of rotatable bonds is 6. The lowest BCUT2D eigenvalue weighted by Gasteiger charge is -2.52. The highest BCUT2D eigenvalue weighted by Gasteiger charge is 2.41. The zero-order valence-electron chi connectivity index (χ0n) is 14.1. The molecule has 1 aliphatic carbocycles. The molecule has 1 aliphatic heterocycles. The molecule has 2 heteroatoms. The number of nitrogens with one attached hydrogen (secondary N) is 1. The van der Waals surface area contributed by atoms with Gasteiger partial charge in [-0.2, -0.15) is 0 Å². The third-order valence-electron chi connectivity index (χ3n) is 5.46. The Kier molecular flexibility index (Phi) is 6.35. The van der Waals surface area contributed by atoms with Crippen molar-refractivity contribution in [3.63, 3.8) is 0 Å². The molecule has 0 aromatic carbocycles. The SMILES string of the molecule is CCCC1CN(CCCC(C)C)C2(CCCCC2)CN1. The normalized spacial score (nSPS) is 27.3. The Morgan fingerprint density at radius 1 is 1.20 bits per heavy atom. The maximum Gasteiger partial charge on any atom is 0.0334 e. The fraction of sp³-hybridized carbons (Fsp3) is 1.00. The molecule has 2 rings (SSSR count). The maximum atomic E-state index is 3.87. The topological polar surface area (TPSA) is 15.3 Å². The van der Waals surface area contributed by atoms with Crippen molar-refractivity contribution in [1.29, 1.82) is 0 Å². The highest BCUT2D eigenvalue weighted by Crippen LogP contribution is 2.36. The van der Waals surface area contributed by atoms with Gasteiger partial charge in [0, 0.05) is 24.7 Å². The van der Waals surface area contributed by atoms with Crippen molar-refractivity contribution < 1.29 is 0 Å². The Hall–Kier alpha value is -0.0800. The summed E-state index contributed by atoms with van der Waals surface area (Å²) in [4.78, 5) is 2.89. The van der Waals surface area contributed by atoms with E-state index in [1.807, 2.05) is 0 Å². The van der Waals surface area contributed by atoms with Crippen LogP contribution in [-0.2, 0) is 0 Å². The maximum absolute atomic E-state index is 3.87. The van der Waals surface area contributed by atoms with Crippen LogP contribution in [0.2, 0.25) is 0 Å². The zero-order valence-corrected chi connectivity index (χ0v) is 14.1. The third-order valence-corrected chi connectivity index (χ3v) is 5.46. The van der Waals surface area contributed by atoms with Gasteiger partial charge in [-0.1, -0.05) is 46.5 Å². The predicted octanol–water partition coefficient (Wildman–Crippen LogP) is 4.20. The molecule has 118 valence electrons. The lowest BCUT2D eigenvalue weighted by molar-refractivity contribution is 0.00678. The Bertz CT molecular complexity index is 269. The van der Waals surface area contributed by atoms with E-state index in [9.17, 15) is 0 Å². The molecule has 2 fully saturated rings. The number of nitrogens with zero attached hydrogens (tertiary/aromatic N) is 1. The van der Waals surface area contributed by atoms with Crippen molar-refractivity contribution in [2.75, 3.05) is 19.6 Å². The Balaban J connectivity index is 1.94. The first kappa shape index (κ1) is 16.3. The molecule has 0 aromatic rings. The summed E-state index contributed by atoms with van der Waals surface area (Å²) in [6.45, 7) is 10.9. The minimum absolute atomic E-state index is 0.513. The molecule has 1 saturated carbocycles. The minimum Gasteiger partial charge on any atom is -0.311 e. The first-order chi connectivity index (χ1) is 9.66. The van der Waals surface area contributed by atoms with Gasteiger partial charge in [-0.15, -0.1) is 0 Å². The second-order valence-corrected chi connectivity index (χ2v) is 7.63. The van der Waals surface area contributed by atoms with Crippen molar-refractivity contribution >= 4 is 0 Å². The molecule has 20 heavy (non-hydrogen) atoms. The van der Waals surface area contributed by atoms with E-state index >= 15 is 0 Å². The molecule has 2 aliphatic rings. The summed E-state index contributed by atoms with van der Waals surface area (Å²) in [5.74, 6) is 0.853. The monoisotopic (exact) mass is 280 g/mol. The predicted molar refractivity (Wildman–Crippen MR) is 88.2 cm³/mol. The number of hydrogen-bond acceptors (Lipinski definition) is 2. The summed E-state index contributed by atoms with van der Waals surface area (Å²) in [7, 11) is 0. The standard InChI is InChI=1S/C18H36N2/c1-4-9-17-14-20(13-8-10-16(2)3)18(15-19-17)11-6-5-7-12-18/h16-17,19H,4-15H2,1-3H3. The molecular formula is C18H36N2. The summed E-state index contributed by atoms with van der Waals surface area (Å²) in [6, 6.07) is 0.742. The molecule has 1 atom stereocenters. The van der Waals surface area contributed by atoms with Crippen molar-refractivity contribution in [2.45, 2.75) is 90.1 Å². The van der Waals surface area contributed by atoms with E-state index < -0.39 is 0 Å². The summed E-state index contributed by atoms with van der Waals surface area (Å²) in [5, 5.41) is 3.87. The fourth-order valence-corrected chi connectivity index (χ4v) is 4.23. The molecule has 0 radical (unpaired) electrons. The van der Waals surface area contributed by atoms with Crippen LogP contribution in [0.3, 0.4) is 0 Å². The van der Waals surface area contributed by atoms with Gasteiger partial charge in [0.2, 0.25) is 0 Å². The molecule has 1 spiro atoms. The Morgan fingerprint density at radius 2 is 1.95 bits per heavy atom. The van der Waals surface area contributed by atoms with Crippen molar-refractivity contribution in [1.82, 2.24) is 10.2 Å². The molecule has 1 heterocycles. The molecule has 0 aromatic heterocycles. The third kappa shape index (κ3) is 4.21. The van der Waals surface area contributed by atoms with Gasteiger partial charge in [0.15, 0.2) is 0 Å². The van der Waals surface area contributed by atoms with Crippen LogP contribution in [0.5, 0.6) is 0 Å². The molecular weight excluding hydrogens is 244 g/mol. The Labute approximate surface area is 126 Å². The van der Waals surface area contributed by atoms with E-state index in [1.54, 1.807) is 0 Å².